The van der Waals surface area contributed by atoms with Crippen molar-refractivity contribution in [3.8, 4) is 0 Å². The zero-order valence-electron chi connectivity index (χ0n) is 16.6. The predicted molar refractivity (Wildman–Crippen MR) is 101 cm³/mol. The molecule has 1 aliphatic heterocycles. The quantitative estimate of drug-likeness (QED) is 0.746. The number of aryl methyl sites for hydroxylation is 1. The van der Waals surface area contributed by atoms with E-state index in [9.17, 15) is 18.0 Å². The van der Waals surface area contributed by atoms with Crippen LogP contribution in [0.5, 0.6) is 0 Å². The van der Waals surface area contributed by atoms with Gasteiger partial charge in [-0.2, -0.15) is 4.31 Å². The number of hydrogen-bond acceptors (Lipinski definition) is 6. The molecule has 0 aromatic carbocycles. The number of hydrogen-bond donors (Lipinski definition) is 0. The van der Waals surface area contributed by atoms with Gasteiger partial charge in [-0.3, -0.25) is 9.59 Å². The second-order valence-corrected chi connectivity index (χ2v) is 10.9. The van der Waals surface area contributed by atoms with Crippen LogP contribution < -0.4 is 0 Å². The molecular weight excluding hydrogens is 382 g/mol. The molecule has 0 spiro atoms. The smallest absolute Gasteiger partial charge is 0.292 e. The molecule has 1 aromatic heterocycles. The first-order valence-corrected chi connectivity index (χ1v) is 11.4. The molecule has 2 aliphatic carbocycles. The minimum atomic E-state index is -3.59. The van der Waals surface area contributed by atoms with Crippen molar-refractivity contribution in [2.45, 2.75) is 40.0 Å². The van der Waals surface area contributed by atoms with Gasteiger partial charge in [-0.25, -0.2) is 8.42 Å². The summed E-state index contributed by atoms with van der Waals surface area (Å²) >= 11 is 0. The number of carbonyl (C=O) groups excluding carboxylic acids is 2. The van der Waals surface area contributed by atoms with Crippen LogP contribution in [0.25, 0.3) is 0 Å². The molecule has 8 nitrogen and oxygen atoms in total. The van der Waals surface area contributed by atoms with Gasteiger partial charge in [-0.1, -0.05) is 19.0 Å². The second kappa shape index (κ2) is 6.38. The molecule has 2 saturated carbocycles. The third-order valence-electron chi connectivity index (χ3n) is 7.33. The minimum Gasteiger partial charge on any atom is -0.351 e. The summed E-state index contributed by atoms with van der Waals surface area (Å²) in [6.45, 7) is 6.88. The highest BCUT2D eigenvalue weighted by Crippen LogP contribution is 2.64. The number of ketones is 1. The molecule has 3 aliphatic rings. The molecule has 4 rings (SSSR count). The molecule has 1 amide bonds. The van der Waals surface area contributed by atoms with Crippen LogP contribution in [0.15, 0.2) is 10.6 Å². The van der Waals surface area contributed by atoms with Crippen molar-refractivity contribution >= 4 is 21.7 Å². The van der Waals surface area contributed by atoms with Crippen molar-refractivity contribution in [2.75, 3.05) is 31.9 Å². The third-order valence-corrected chi connectivity index (χ3v) is 9.34. The van der Waals surface area contributed by atoms with Crippen LogP contribution in [0.4, 0.5) is 0 Å². The van der Waals surface area contributed by atoms with Crippen LogP contribution in [0.1, 0.15) is 49.4 Å². The molecule has 2 bridgehead atoms. The summed E-state index contributed by atoms with van der Waals surface area (Å²) in [5.41, 5.74) is -0.414. The van der Waals surface area contributed by atoms with Gasteiger partial charge in [0.25, 0.3) is 5.91 Å². The number of carbonyl (C=O) groups is 2. The Bertz CT molecular complexity index is 914. The average molecular weight is 410 g/mol. The van der Waals surface area contributed by atoms with E-state index in [0.717, 1.165) is 6.42 Å². The van der Waals surface area contributed by atoms with Gasteiger partial charge >= 0.3 is 0 Å². The fraction of sp³-hybridized carbons (Fsp3) is 0.737. The van der Waals surface area contributed by atoms with E-state index in [1.54, 1.807) is 17.9 Å². The van der Waals surface area contributed by atoms with Gasteiger partial charge in [0.05, 0.1) is 11.4 Å². The normalized spacial score (nSPS) is 30.2. The number of amides is 1. The highest BCUT2D eigenvalue weighted by atomic mass is 32.2. The second-order valence-electron chi connectivity index (χ2n) is 8.95. The minimum absolute atomic E-state index is 0.104. The summed E-state index contributed by atoms with van der Waals surface area (Å²) in [5, 5.41) is 3.73. The predicted octanol–water partition coefficient (Wildman–Crippen LogP) is 1.47. The van der Waals surface area contributed by atoms with E-state index >= 15 is 0 Å². The molecule has 3 fully saturated rings. The lowest BCUT2D eigenvalue weighted by Crippen LogP contribution is -2.53. The van der Waals surface area contributed by atoms with Crippen LogP contribution >= 0.6 is 0 Å². The van der Waals surface area contributed by atoms with Crippen molar-refractivity contribution in [3.05, 3.63) is 17.5 Å². The largest absolute Gasteiger partial charge is 0.351 e. The number of rotatable bonds is 4. The van der Waals surface area contributed by atoms with Crippen LogP contribution in [-0.2, 0) is 14.8 Å². The SMILES string of the molecule is Cc1cc(C(=O)N2CCN(S(=O)(=O)CC34CCC(CC3=O)C4(C)C)CC2)on1. The first-order chi connectivity index (χ1) is 13.1. The Morgan fingerprint density at radius 2 is 1.96 bits per heavy atom. The molecule has 2 atom stereocenters. The lowest BCUT2D eigenvalue weighted by Gasteiger charge is -2.39. The highest BCUT2D eigenvalue weighted by molar-refractivity contribution is 7.89. The molecule has 1 aromatic rings. The summed E-state index contributed by atoms with van der Waals surface area (Å²) in [7, 11) is -3.59. The molecular formula is C19H27N3O5S. The number of nitrogens with zero attached hydrogens (tertiary/aromatic N) is 3. The fourth-order valence-corrected chi connectivity index (χ4v) is 7.50. The number of fused-ring (bicyclic) bond motifs is 2. The maximum atomic E-state index is 13.1. The van der Waals surface area contributed by atoms with Crippen LogP contribution in [-0.4, -0.2) is 66.4 Å². The topological polar surface area (TPSA) is 101 Å². The van der Waals surface area contributed by atoms with Crippen LogP contribution in [0.2, 0.25) is 0 Å². The highest BCUT2D eigenvalue weighted by Gasteiger charge is 2.65. The fourth-order valence-electron chi connectivity index (χ4n) is 5.30. The van der Waals surface area contributed by atoms with E-state index < -0.39 is 15.4 Å². The third kappa shape index (κ3) is 2.82. The maximum Gasteiger partial charge on any atom is 0.292 e. The zero-order valence-corrected chi connectivity index (χ0v) is 17.4. The first-order valence-electron chi connectivity index (χ1n) is 9.80. The van der Waals surface area contributed by atoms with Gasteiger partial charge < -0.3 is 9.42 Å². The van der Waals surface area contributed by atoms with E-state index in [4.69, 9.17) is 4.52 Å². The zero-order chi connectivity index (χ0) is 20.3. The Morgan fingerprint density at radius 3 is 2.46 bits per heavy atom. The van der Waals surface area contributed by atoms with E-state index in [0.29, 0.717) is 31.6 Å². The standard InChI is InChI=1S/C19H27N3O5S/c1-13-10-15(27-20-13)17(24)21-6-8-22(9-7-21)28(25,26)12-19-5-4-14(11-16(19)23)18(19,2)3/h10,14H,4-9,11-12H2,1-3H3. The van der Waals surface area contributed by atoms with Crippen molar-refractivity contribution in [1.29, 1.82) is 0 Å². The van der Waals surface area contributed by atoms with Crippen LogP contribution in [0, 0.1) is 23.7 Å². The molecule has 0 radical (unpaired) electrons. The summed E-state index contributed by atoms with van der Waals surface area (Å²) in [6, 6.07) is 1.58. The Morgan fingerprint density at radius 1 is 1.29 bits per heavy atom. The monoisotopic (exact) mass is 409 g/mol. The summed E-state index contributed by atoms with van der Waals surface area (Å²) in [6.07, 6.45) is 2.08. The van der Waals surface area contributed by atoms with Crippen molar-refractivity contribution in [1.82, 2.24) is 14.4 Å². The number of Topliss-reactive ketones (excluding diaryl/α,β-unsaturated/α-hetero) is 1. The van der Waals surface area contributed by atoms with Gasteiger partial charge in [0, 0.05) is 44.1 Å². The molecule has 154 valence electrons. The van der Waals surface area contributed by atoms with Crippen LogP contribution in [0.3, 0.4) is 0 Å². The van der Waals surface area contributed by atoms with E-state index in [2.05, 4.69) is 5.16 Å². The Balaban J connectivity index is 1.44. The molecule has 1 saturated heterocycles. The average Bonchev–Trinajstić information content (AvgIpc) is 3.23. The Labute approximate surface area is 165 Å². The van der Waals surface area contributed by atoms with Gasteiger partial charge in [-0.05, 0) is 31.1 Å². The molecule has 2 unspecified atom stereocenters. The maximum absolute atomic E-state index is 13.1. The first kappa shape index (κ1) is 19.6. The van der Waals surface area contributed by atoms with Crippen molar-refractivity contribution in [3.63, 3.8) is 0 Å². The lowest BCUT2D eigenvalue weighted by molar-refractivity contribution is -0.128. The number of piperazine rings is 1. The van der Waals surface area contributed by atoms with Gasteiger partial charge in [0.2, 0.25) is 15.8 Å². The van der Waals surface area contributed by atoms with E-state index in [1.807, 2.05) is 13.8 Å². The Hall–Kier alpha value is -1.74. The van der Waals surface area contributed by atoms with E-state index in [1.165, 1.54) is 4.31 Å². The summed E-state index contributed by atoms with van der Waals surface area (Å²) in [5.74, 6) is 0.171. The van der Waals surface area contributed by atoms with Gasteiger partial charge in [0.15, 0.2) is 0 Å². The van der Waals surface area contributed by atoms with Crippen molar-refractivity contribution in [2.24, 2.45) is 16.7 Å². The van der Waals surface area contributed by atoms with Gasteiger partial charge in [0.1, 0.15) is 5.78 Å². The molecule has 28 heavy (non-hydrogen) atoms. The lowest BCUT2D eigenvalue weighted by atomic mass is 9.70. The Kier molecular flexibility index (Phi) is 4.46. The summed E-state index contributed by atoms with van der Waals surface area (Å²) in [4.78, 5) is 26.7. The molecule has 2 heterocycles. The number of sulfonamides is 1. The molecule has 9 heteroatoms. The number of aromatic nitrogens is 1. The van der Waals surface area contributed by atoms with Crippen molar-refractivity contribution < 1.29 is 22.5 Å². The summed E-state index contributed by atoms with van der Waals surface area (Å²) < 4.78 is 32.8. The van der Waals surface area contributed by atoms with Gasteiger partial charge in [-0.15, -0.1) is 0 Å². The molecule has 0 N–H and O–H groups in total. The van der Waals surface area contributed by atoms with E-state index in [-0.39, 0.29) is 47.6 Å².